The largest absolute Gasteiger partial charge is 0.320 e. The van der Waals surface area contributed by atoms with E-state index < -0.39 is 11.9 Å². The number of para-hydroxylation sites is 1. The number of hydrogen-bond donors (Lipinski definition) is 1. The third-order valence-electron chi connectivity index (χ3n) is 3.34. The van der Waals surface area contributed by atoms with E-state index in [-0.39, 0.29) is 11.6 Å². The molecule has 0 saturated carbocycles. The molecule has 0 aromatic heterocycles. The number of nitrogens with two attached hydrogens (primary N) is 1. The molecule has 0 radical (unpaired) electrons. The summed E-state index contributed by atoms with van der Waals surface area (Å²) in [6.07, 6.45) is 0.435. The number of benzene rings is 2. The molecule has 0 fully saturated rings. The number of carbonyl (C=O) groups is 1. The molecule has 0 aliphatic heterocycles. The van der Waals surface area contributed by atoms with E-state index in [1.54, 1.807) is 25.1 Å². The fraction of sp³-hybridized carbons (Fsp3) is 0.235. The standard InChI is InChI=1S/C17H19FN2O/c1-2-20(16-11-7-6-10-14(16)18)17(21)15(19)12-13-8-4-3-5-9-13/h3-11,15H,2,12,19H2,1H3/t15-/m0/s1. The van der Waals surface area contributed by atoms with Crippen molar-refractivity contribution in [3.63, 3.8) is 0 Å². The average molecular weight is 286 g/mol. The summed E-state index contributed by atoms with van der Waals surface area (Å²) in [5.41, 5.74) is 7.26. The van der Waals surface area contributed by atoms with E-state index in [0.29, 0.717) is 13.0 Å². The van der Waals surface area contributed by atoms with E-state index in [4.69, 9.17) is 5.73 Å². The maximum atomic E-state index is 13.8. The highest BCUT2D eigenvalue weighted by Crippen LogP contribution is 2.19. The van der Waals surface area contributed by atoms with Crippen LogP contribution in [0.5, 0.6) is 0 Å². The van der Waals surface area contributed by atoms with E-state index in [1.165, 1.54) is 11.0 Å². The highest BCUT2D eigenvalue weighted by Gasteiger charge is 2.23. The van der Waals surface area contributed by atoms with Gasteiger partial charge in [0.05, 0.1) is 11.7 Å². The third kappa shape index (κ3) is 3.67. The summed E-state index contributed by atoms with van der Waals surface area (Å²) in [5, 5.41) is 0. The summed E-state index contributed by atoms with van der Waals surface area (Å²) >= 11 is 0. The van der Waals surface area contributed by atoms with Crippen LogP contribution < -0.4 is 10.6 Å². The lowest BCUT2D eigenvalue weighted by Gasteiger charge is -2.25. The van der Waals surface area contributed by atoms with Crippen molar-refractivity contribution in [3.05, 3.63) is 66.0 Å². The highest BCUT2D eigenvalue weighted by atomic mass is 19.1. The number of halogens is 1. The molecule has 2 aromatic carbocycles. The molecular weight excluding hydrogens is 267 g/mol. The van der Waals surface area contributed by atoms with Gasteiger partial charge < -0.3 is 10.6 Å². The first-order chi connectivity index (χ1) is 10.1. The Labute approximate surface area is 124 Å². The number of nitrogens with zero attached hydrogens (tertiary/aromatic N) is 1. The topological polar surface area (TPSA) is 46.3 Å². The minimum absolute atomic E-state index is 0.272. The van der Waals surface area contributed by atoms with Gasteiger partial charge in [-0.25, -0.2) is 4.39 Å². The Morgan fingerprint density at radius 3 is 2.38 bits per heavy atom. The molecule has 0 aliphatic carbocycles. The Hall–Kier alpha value is -2.20. The van der Waals surface area contributed by atoms with E-state index >= 15 is 0 Å². The highest BCUT2D eigenvalue weighted by molar-refractivity contribution is 5.97. The molecule has 2 N–H and O–H groups in total. The average Bonchev–Trinajstić information content (AvgIpc) is 2.50. The van der Waals surface area contributed by atoms with Gasteiger partial charge in [-0.2, -0.15) is 0 Å². The molecule has 110 valence electrons. The van der Waals surface area contributed by atoms with Gasteiger partial charge in [0.2, 0.25) is 5.91 Å². The minimum Gasteiger partial charge on any atom is -0.320 e. The number of likely N-dealkylation sites (N-methyl/N-ethyl adjacent to an activating group) is 1. The molecule has 4 heteroatoms. The normalized spacial score (nSPS) is 12.0. The van der Waals surface area contributed by atoms with Crippen LogP contribution in [-0.2, 0) is 11.2 Å². The summed E-state index contributed by atoms with van der Waals surface area (Å²) in [5.74, 6) is -0.689. The maximum absolute atomic E-state index is 13.8. The van der Waals surface area contributed by atoms with Crippen LogP contribution in [-0.4, -0.2) is 18.5 Å². The molecule has 0 spiro atoms. The van der Waals surface area contributed by atoms with Crippen molar-refractivity contribution in [2.45, 2.75) is 19.4 Å². The fourth-order valence-corrected chi connectivity index (χ4v) is 2.27. The first-order valence-electron chi connectivity index (χ1n) is 6.99. The van der Waals surface area contributed by atoms with E-state index in [2.05, 4.69) is 0 Å². The molecule has 1 atom stereocenters. The molecule has 0 unspecified atom stereocenters. The van der Waals surface area contributed by atoms with Gasteiger partial charge in [0, 0.05) is 6.54 Å². The molecule has 0 heterocycles. The summed E-state index contributed by atoms with van der Waals surface area (Å²) in [6, 6.07) is 15.1. The Balaban J connectivity index is 2.15. The van der Waals surface area contributed by atoms with Crippen LogP contribution in [0.4, 0.5) is 10.1 Å². The molecule has 3 nitrogen and oxygen atoms in total. The van der Waals surface area contributed by atoms with Gasteiger partial charge in [0.1, 0.15) is 5.82 Å². The minimum atomic E-state index is -0.688. The van der Waals surface area contributed by atoms with Gasteiger partial charge in [-0.3, -0.25) is 4.79 Å². The lowest BCUT2D eigenvalue weighted by molar-refractivity contribution is -0.119. The number of hydrogen-bond acceptors (Lipinski definition) is 2. The molecule has 2 aromatic rings. The monoisotopic (exact) mass is 286 g/mol. The van der Waals surface area contributed by atoms with Crippen LogP contribution in [0.25, 0.3) is 0 Å². The van der Waals surface area contributed by atoms with Gasteiger partial charge in [-0.05, 0) is 31.0 Å². The van der Waals surface area contributed by atoms with Gasteiger partial charge in [-0.15, -0.1) is 0 Å². The van der Waals surface area contributed by atoms with Crippen molar-refractivity contribution >= 4 is 11.6 Å². The first-order valence-corrected chi connectivity index (χ1v) is 6.99. The van der Waals surface area contributed by atoms with E-state index in [1.807, 2.05) is 30.3 Å². The molecular formula is C17H19FN2O. The first kappa shape index (κ1) is 15.2. The molecule has 1 amide bonds. The lowest BCUT2D eigenvalue weighted by Crippen LogP contribution is -2.45. The van der Waals surface area contributed by atoms with Crippen molar-refractivity contribution in [2.75, 3.05) is 11.4 Å². The van der Waals surface area contributed by atoms with Crippen LogP contribution >= 0.6 is 0 Å². The maximum Gasteiger partial charge on any atom is 0.244 e. The van der Waals surface area contributed by atoms with Crippen molar-refractivity contribution in [1.82, 2.24) is 0 Å². The molecule has 0 saturated heterocycles. The van der Waals surface area contributed by atoms with Crippen molar-refractivity contribution < 1.29 is 9.18 Å². The smallest absolute Gasteiger partial charge is 0.244 e. The zero-order valence-corrected chi connectivity index (χ0v) is 12.0. The Bertz CT molecular complexity index is 601. The Morgan fingerprint density at radius 1 is 1.14 bits per heavy atom. The molecule has 21 heavy (non-hydrogen) atoms. The second-order valence-electron chi connectivity index (χ2n) is 4.83. The number of amides is 1. The zero-order valence-electron chi connectivity index (χ0n) is 12.0. The van der Waals surface area contributed by atoms with Crippen molar-refractivity contribution in [3.8, 4) is 0 Å². The Morgan fingerprint density at radius 2 is 1.76 bits per heavy atom. The zero-order chi connectivity index (χ0) is 15.2. The number of rotatable bonds is 5. The van der Waals surface area contributed by atoms with Gasteiger partial charge in [0.25, 0.3) is 0 Å². The Kier molecular flexibility index (Phi) is 5.06. The quantitative estimate of drug-likeness (QED) is 0.918. The summed E-state index contributed by atoms with van der Waals surface area (Å²) < 4.78 is 13.8. The van der Waals surface area contributed by atoms with E-state index in [9.17, 15) is 9.18 Å². The summed E-state index contributed by atoms with van der Waals surface area (Å²) in [7, 11) is 0. The predicted octanol–water partition coefficient (Wildman–Crippen LogP) is 2.75. The van der Waals surface area contributed by atoms with Crippen LogP contribution in [0.3, 0.4) is 0 Å². The summed E-state index contributed by atoms with van der Waals surface area (Å²) in [4.78, 5) is 13.9. The SMILES string of the molecule is CCN(C(=O)[C@@H](N)Cc1ccccc1)c1ccccc1F. The van der Waals surface area contributed by atoms with Gasteiger partial charge in [0.15, 0.2) is 0 Å². The van der Waals surface area contributed by atoms with Crippen molar-refractivity contribution in [1.29, 1.82) is 0 Å². The van der Waals surface area contributed by atoms with Crippen LogP contribution in [0.2, 0.25) is 0 Å². The van der Waals surface area contributed by atoms with E-state index in [0.717, 1.165) is 5.56 Å². The third-order valence-corrected chi connectivity index (χ3v) is 3.34. The van der Waals surface area contributed by atoms with Crippen LogP contribution in [0.15, 0.2) is 54.6 Å². The van der Waals surface area contributed by atoms with Crippen LogP contribution in [0, 0.1) is 5.82 Å². The van der Waals surface area contributed by atoms with Gasteiger partial charge in [-0.1, -0.05) is 42.5 Å². The molecule has 0 aliphatic rings. The van der Waals surface area contributed by atoms with Gasteiger partial charge >= 0.3 is 0 Å². The fourth-order valence-electron chi connectivity index (χ4n) is 2.27. The lowest BCUT2D eigenvalue weighted by atomic mass is 10.1. The second kappa shape index (κ2) is 6.99. The number of anilines is 1. The number of carbonyl (C=O) groups excluding carboxylic acids is 1. The summed E-state index contributed by atoms with van der Waals surface area (Å²) in [6.45, 7) is 2.18. The van der Waals surface area contributed by atoms with Crippen molar-refractivity contribution in [2.24, 2.45) is 5.73 Å². The second-order valence-corrected chi connectivity index (χ2v) is 4.83. The van der Waals surface area contributed by atoms with Crippen LogP contribution in [0.1, 0.15) is 12.5 Å². The molecule has 0 bridgehead atoms. The molecule has 2 rings (SSSR count). The predicted molar refractivity (Wildman–Crippen MR) is 82.5 cm³/mol.